The highest BCUT2D eigenvalue weighted by molar-refractivity contribution is 5.89. The summed E-state index contributed by atoms with van der Waals surface area (Å²) in [5.74, 6) is 0.0547. The second kappa shape index (κ2) is 7.76. The lowest BCUT2D eigenvalue weighted by molar-refractivity contribution is -0.138. The predicted molar refractivity (Wildman–Crippen MR) is 95.0 cm³/mol. The number of ether oxygens (including phenoxy) is 1. The first-order valence-corrected chi connectivity index (χ1v) is 8.96. The smallest absolute Gasteiger partial charge is 0.227 e. The number of carbonyl (C=O) groups is 3. The fourth-order valence-corrected chi connectivity index (χ4v) is 3.68. The highest BCUT2D eigenvalue weighted by Gasteiger charge is 2.37. The summed E-state index contributed by atoms with van der Waals surface area (Å²) in [6.07, 6.45) is 1.47. The van der Waals surface area contributed by atoms with Crippen molar-refractivity contribution in [2.75, 3.05) is 26.7 Å². The fourth-order valence-electron chi connectivity index (χ4n) is 3.68. The van der Waals surface area contributed by atoms with Gasteiger partial charge in [0.2, 0.25) is 17.7 Å². The van der Waals surface area contributed by atoms with Crippen LogP contribution in [0.25, 0.3) is 0 Å². The Labute approximate surface area is 153 Å². The van der Waals surface area contributed by atoms with Gasteiger partial charge in [0.25, 0.3) is 0 Å². The summed E-state index contributed by atoms with van der Waals surface area (Å²) in [7, 11) is 1.61. The zero-order valence-electron chi connectivity index (χ0n) is 15.0. The number of primary amides is 1. The molecule has 0 bridgehead atoms. The molecule has 0 spiro atoms. The number of carbonyl (C=O) groups excluding carboxylic acids is 3. The summed E-state index contributed by atoms with van der Waals surface area (Å²) < 4.78 is 5.14. The quantitative estimate of drug-likeness (QED) is 0.840. The van der Waals surface area contributed by atoms with E-state index in [0.717, 1.165) is 11.3 Å². The normalized spacial score (nSPS) is 21.1. The first-order chi connectivity index (χ1) is 12.5. The van der Waals surface area contributed by atoms with Crippen LogP contribution in [0.2, 0.25) is 0 Å². The van der Waals surface area contributed by atoms with Crippen LogP contribution in [0.15, 0.2) is 24.3 Å². The van der Waals surface area contributed by atoms with Crippen LogP contribution in [0.3, 0.4) is 0 Å². The van der Waals surface area contributed by atoms with Crippen LogP contribution >= 0.6 is 0 Å². The van der Waals surface area contributed by atoms with Crippen LogP contribution in [-0.2, 0) is 20.9 Å². The Morgan fingerprint density at radius 2 is 1.81 bits per heavy atom. The molecule has 140 valence electrons. The van der Waals surface area contributed by atoms with Crippen molar-refractivity contribution in [3.63, 3.8) is 0 Å². The van der Waals surface area contributed by atoms with E-state index in [-0.39, 0.29) is 36.0 Å². The molecule has 2 N–H and O–H groups in total. The number of rotatable bonds is 5. The standard InChI is InChI=1S/C19H25N3O4/c1-26-16-4-2-13(3-5-16)11-22-12-15(10-17(22)23)19(25)21-8-6-14(7-9-21)18(20)24/h2-5,14-15H,6-12H2,1H3,(H2,20,24). The van der Waals surface area contributed by atoms with E-state index >= 15 is 0 Å². The number of hydrogen-bond donors (Lipinski definition) is 1. The minimum Gasteiger partial charge on any atom is -0.497 e. The average Bonchev–Trinajstić information content (AvgIpc) is 3.02. The molecule has 3 rings (SSSR count). The molecule has 1 aromatic rings. The van der Waals surface area contributed by atoms with E-state index in [2.05, 4.69) is 0 Å². The third-order valence-electron chi connectivity index (χ3n) is 5.31. The van der Waals surface area contributed by atoms with Gasteiger partial charge in [-0.1, -0.05) is 12.1 Å². The lowest BCUT2D eigenvalue weighted by Gasteiger charge is -2.32. The number of benzene rings is 1. The molecule has 7 nitrogen and oxygen atoms in total. The second-order valence-electron chi connectivity index (χ2n) is 7.03. The van der Waals surface area contributed by atoms with Gasteiger partial charge in [-0.05, 0) is 30.5 Å². The van der Waals surface area contributed by atoms with E-state index in [1.54, 1.807) is 16.9 Å². The Hall–Kier alpha value is -2.57. The summed E-state index contributed by atoms with van der Waals surface area (Å²) in [5, 5.41) is 0. The maximum absolute atomic E-state index is 12.7. The van der Waals surface area contributed by atoms with Gasteiger partial charge in [-0.15, -0.1) is 0 Å². The van der Waals surface area contributed by atoms with Crippen molar-refractivity contribution in [1.82, 2.24) is 9.80 Å². The van der Waals surface area contributed by atoms with Crippen molar-refractivity contribution in [3.8, 4) is 5.75 Å². The molecule has 1 atom stereocenters. The molecule has 1 aromatic carbocycles. The summed E-state index contributed by atoms with van der Waals surface area (Å²) in [4.78, 5) is 39.8. The average molecular weight is 359 g/mol. The molecule has 0 aromatic heterocycles. The van der Waals surface area contributed by atoms with E-state index < -0.39 is 0 Å². The van der Waals surface area contributed by atoms with Gasteiger partial charge in [-0.2, -0.15) is 0 Å². The molecule has 3 amide bonds. The third-order valence-corrected chi connectivity index (χ3v) is 5.31. The van der Waals surface area contributed by atoms with Gasteiger partial charge in [-0.25, -0.2) is 0 Å². The molecule has 26 heavy (non-hydrogen) atoms. The van der Waals surface area contributed by atoms with Crippen molar-refractivity contribution in [2.24, 2.45) is 17.6 Å². The van der Waals surface area contributed by atoms with E-state index in [4.69, 9.17) is 10.5 Å². The summed E-state index contributed by atoms with van der Waals surface area (Å²) in [6, 6.07) is 7.58. The van der Waals surface area contributed by atoms with Gasteiger partial charge in [0, 0.05) is 38.5 Å². The van der Waals surface area contributed by atoms with Crippen molar-refractivity contribution >= 4 is 17.7 Å². The summed E-state index contributed by atoms with van der Waals surface area (Å²) >= 11 is 0. The number of nitrogens with zero attached hydrogens (tertiary/aromatic N) is 2. The van der Waals surface area contributed by atoms with Crippen LogP contribution in [0.1, 0.15) is 24.8 Å². The molecule has 0 radical (unpaired) electrons. The number of likely N-dealkylation sites (tertiary alicyclic amines) is 2. The molecule has 0 aliphatic carbocycles. The van der Waals surface area contributed by atoms with Crippen LogP contribution < -0.4 is 10.5 Å². The fraction of sp³-hybridized carbons (Fsp3) is 0.526. The lowest BCUT2D eigenvalue weighted by Crippen LogP contribution is -2.44. The molecule has 7 heteroatoms. The predicted octanol–water partition coefficient (Wildman–Crippen LogP) is 0.768. The third kappa shape index (κ3) is 3.98. The van der Waals surface area contributed by atoms with Crippen LogP contribution in [0, 0.1) is 11.8 Å². The zero-order valence-corrected chi connectivity index (χ0v) is 15.0. The van der Waals surface area contributed by atoms with E-state index in [1.165, 1.54) is 0 Å². The molecule has 2 aliphatic rings. The van der Waals surface area contributed by atoms with E-state index in [9.17, 15) is 14.4 Å². The minimum absolute atomic E-state index is 0.00573. The van der Waals surface area contributed by atoms with Gasteiger partial charge in [0.15, 0.2) is 0 Å². The van der Waals surface area contributed by atoms with Crippen molar-refractivity contribution in [1.29, 1.82) is 0 Å². The van der Waals surface area contributed by atoms with Crippen molar-refractivity contribution in [3.05, 3.63) is 29.8 Å². The Kier molecular flexibility index (Phi) is 5.44. The van der Waals surface area contributed by atoms with Gasteiger partial charge in [0.05, 0.1) is 13.0 Å². The van der Waals surface area contributed by atoms with Crippen molar-refractivity contribution < 1.29 is 19.1 Å². The number of hydrogen-bond acceptors (Lipinski definition) is 4. The largest absolute Gasteiger partial charge is 0.497 e. The molecule has 1 unspecified atom stereocenters. The van der Waals surface area contributed by atoms with Gasteiger partial charge in [-0.3, -0.25) is 14.4 Å². The molecule has 2 heterocycles. The lowest BCUT2D eigenvalue weighted by atomic mass is 9.95. The SMILES string of the molecule is COc1ccc(CN2CC(C(=O)N3CCC(C(N)=O)CC3)CC2=O)cc1. The maximum Gasteiger partial charge on any atom is 0.227 e. The highest BCUT2D eigenvalue weighted by Crippen LogP contribution is 2.25. The highest BCUT2D eigenvalue weighted by atomic mass is 16.5. The number of nitrogens with two attached hydrogens (primary N) is 1. The van der Waals surface area contributed by atoms with Crippen LogP contribution in [-0.4, -0.2) is 54.3 Å². The first-order valence-electron chi connectivity index (χ1n) is 8.96. The number of amides is 3. The van der Waals surface area contributed by atoms with Crippen molar-refractivity contribution in [2.45, 2.75) is 25.8 Å². The number of methoxy groups -OCH3 is 1. The second-order valence-corrected chi connectivity index (χ2v) is 7.03. The zero-order chi connectivity index (χ0) is 18.7. The molecule has 2 aliphatic heterocycles. The molecular weight excluding hydrogens is 334 g/mol. The van der Waals surface area contributed by atoms with Crippen LogP contribution in [0.5, 0.6) is 5.75 Å². The van der Waals surface area contributed by atoms with E-state index in [0.29, 0.717) is 39.0 Å². The Morgan fingerprint density at radius 1 is 1.15 bits per heavy atom. The van der Waals surface area contributed by atoms with Gasteiger partial charge < -0.3 is 20.3 Å². The molecular formula is C19H25N3O4. The van der Waals surface area contributed by atoms with Gasteiger partial charge >= 0.3 is 0 Å². The first kappa shape index (κ1) is 18.2. The summed E-state index contributed by atoms with van der Waals surface area (Å²) in [6.45, 7) is 2.01. The Bertz CT molecular complexity index is 681. The Morgan fingerprint density at radius 3 is 2.38 bits per heavy atom. The molecule has 2 fully saturated rings. The Balaban J connectivity index is 1.55. The van der Waals surface area contributed by atoms with Crippen LogP contribution in [0.4, 0.5) is 0 Å². The van der Waals surface area contributed by atoms with E-state index in [1.807, 2.05) is 24.3 Å². The monoisotopic (exact) mass is 359 g/mol. The minimum atomic E-state index is -0.300. The van der Waals surface area contributed by atoms with Gasteiger partial charge in [0.1, 0.15) is 5.75 Å². The topological polar surface area (TPSA) is 92.9 Å². The molecule has 0 saturated carbocycles. The summed E-state index contributed by atoms with van der Waals surface area (Å²) in [5.41, 5.74) is 6.35. The molecule has 2 saturated heterocycles. The maximum atomic E-state index is 12.7. The number of piperidine rings is 1.